The number of benzene rings is 3. The van der Waals surface area contributed by atoms with Crippen LogP contribution in [0.2, 0.25) is 0 Å². The smallest absolute Gasteiger partial charge is 0.201 e. The SMILES string of the molecule is C=CC1CCC(C2CC=C(c3ccc(-c4ccc(-c5ccc(OCCCC)c(F)c5F)cc4)c(F)c3)CC2)CC1. The highest BCUT2D eigenvalue weighted by molar-refractivity contribution is 5.74. The standard InChI is InChI=1S/C36H39F3O/c1-3-5-22-40-34-21-20-32(35(38)36(34)39)29-16-14-28(15-17-29)31-19-18-30(23-33(31)37)27-12-10-26(11-13-27)25-8-6-24(4-2)7-9-25/h4,12,14-21,23-26H,2-3,5-11,13,22H2,1H3. The highest BCUT2D eigenvalue weighted by Gasteiger charge is 2.28. The van der Waals surface area contributed by atoms with Crippen LogP contribution >= 0.6 is 0 Å². The summed E-state index contributed by atoms with van der Waals surface area (Å²) in [6.07, 6.45) is 14.5. The summed E-state index contributed by atoms with van der Waals surface area (Å²) < 4.78 is 50.0. The third-order valence-electron chi connectivity index (χ3n) is 8.92. The van der Waals surface area contributed by atoms with Crippen molar-refractivity contribution in [1.29, 1.82) is 0 Å². The molecule has 0 heterocycles. The van der Waals surface area contributed by atoms with Crippen LogP contribution in [0.5, 0.6) is 5.75 Å². The van der Waals surface area contributed by atoms with Gasteiger partial charge in [0.25, 0.3) is 0 Å². The van der Waals surface area contributed by atoms with Gasteiger partial charge >= 0.3 is 0 Å². The fourth-order valence-corrected chi connectivity index (χ4v) is 6.37. The van der Waals surface area contributed by atoms with Crippen molar-refractivity contribution in [1.82, 2.24) is 0 Å². The Morgan fingerprint density at radius 1 is 0.800 bits per heavy atom. The van der Waals surface area contributed by atoms with E-state index in [1.54, 1.807) is 30.3 Å². The molecular formula is C36H39F3O. The zero-order valence-electron chi connectivity index (χ0n) is 23.4. The summed E-state index contributed by atoms with van der Waals surface area (Å²) in [6, 6.07) is 15.4. The Bertz CT molecular complexity index is 1350. The lowest BCUT2D eigenvalue weighted by Gasteiger charge is -2.34. The summed E-state index contributed by atoms with van der Waals surface area (Å²) >= 11 is 0. The van der Waals surface area contributed by atoms with Gasteiger partial charge in [0, 0.05) is 11.1 Å². The molecular weight excluding hydrogens is 505 g/mol. The molecule has 1 saturated carbocycles. The predicted octanol–water partition coefficient (Wildman–Crippen LogP) is 10.8. The molecule has 0 spiro atoms. The van der Waals surface area contributed by atoms with Gasteiger partial charge in [-0.3, -0.25) is 0 Å². The van der Waals surface area contributed by atoms with E-state index >= 15 is 4.39 Å². The predicted molar refractivity (Wildman–Crippen MR) is 159 cm³/mol. The van der Waals surface area contributed by atoms with Gasteiger partial charge in [0.2, 0.25) is 5.82 Å². The van der Waals surface area contributed by atoms with E-state index in [0.29, 0.717) is 29.2 Å². The van der Waals surface area contributed by atoms with Gasteiger partial charge in [-0.05, 0) is 110 Å². The molecule has 210 valence electrons. The Morgan fingerprint density at radius 2 is 1.48 bits per heavy atom. The first-order valence-corrected chi connectivity index (χ1v) is 14.8. The van der Waals surface area contributed by atoms with E-state index in [-0.39, 0.29) is 17.1 Å². The molecule has 0 aromatic heterocycles. The van der Waals surface area contributed by atoms with Gasteiger partial charge in [-0.25, -0.2) is 8.78 Å². The number of ether oxygens (including phenoxy) is 1. The Balaban J connectivity index is 1.26. The molecule has 3 aromatic rings. The maximum absolute atomic E-state index is 15.3. The maximum atomic E-state index is 15.3. The number of rotatable bonds is 9. The average Bonchev–Trinajstić information content (AvgIpc) is 3.00. The molecule has 2 aliphatic rings. The summed E-state index contributed by atoms with van der Waals surface area (Å²) in [5, 5.41) is 0. The molecule has 0 N–H and O–H groups in total. The minimum absolute atomic E-state index is 0.0762. The maximum Gasteiger partial charge on any atom is 0.201 e. The van der Waals surface area contributed by atoms with E-state index in [4.69, 9.17) is 4.74 Å². The second-order valence-electron chi connectivity index (χ2n) is 11.4. The van der Waals surface area contributed by atoms with Gasteiger partial charge in [0.05, 0.1) is 6.61 Å². The molecule has 0 amide bonds. The minimum atomic E-state index is -0.984. The molecule has 4 heteroatoms. The van der Waals surface area contributed by atoms with Crippen molar-refractivity contribution in [2.24, 2.45) is 17.8 Å². The van der Waals surface area contributed by atoms with Gasteiger partial charge in [0.15, 0.2) is 11.6 Å². The molecule has 3 aromatic carbocycles. The topological polar surface area (TPSA) is 9.23 Å². The lowest BCUT2D eigenvalue weighted by Crippen LogP contribution is -2.22. The second kappa shape index (κ2) is 12.9. The van der Waals surface area contributed by atoms with Crippen molar-refractivity contribution in [3.8, 4) is 28.0 Å². The van der Waals surface area contributed by atoms with Crippen molar-refractivity contribution in [3.63, 3.8) is 0 Å². The quantitative estimate of drug-likeness (QED) is 0.192. The second-order valence-corrected chi connectivity index (χ2v) is 11.4. The molecule has 5 rings (SSSR count). The van der Waals surface area contributed by atoms with Gasteiger partial charge in [0.1, 0.15) is 5.82 Å². The molecule has 1 unspecified atom stereocenters. The molecule has 1 fully saturated rings. The first-order chi connectivity index (χ1) is 19.5. The van der Waals surface area contributed by atoms with Crippen molar-refractivity contribution in [2.75, 3.05) is 6.61 Å². The van der Waals surface area contributed by atoms with Gasteiger partial charge in [-0.2, -0.15) is 4.39 Å². The number of hydrogen-bond acceptors (Lipinski definition) is 1. The fraction of sp³-hybridized carbons (Fsp3) is 0.389. The molecule has 40 heavy (non-hydrogen) atoms. The normalized spacial score (nSPS) is 21.1. The van der Waals surface area contributed by atoms with Crippen molar-refractivity contribution in [3.05, 3.63) is 96.3 Å². The van der Waals surface area contributed by atoms with Crippen LogP contribution < -0.4 is 4.74 Å². The summed E-state index contributed by atoms with van der Waals surface area (Å²) in [4.78, 5) is 0. The summed E-state index contributed by atoms with van der Waals surface area (Å²) in [5.74, 6) is -0.0464. The van der Waals surface area contributed by atoms with E-state index in [1.165, 1.54) is 49.8 Å². The lowest BCUT2D eigenvalue weighted by atomic mass is 9.71. The van der Waals surface area contributed by atoms with E-state index < -0.39 is 11.6 Å². The van der Waals surface area contributed by atoms with Crippen LogP contribution in [0.15, 0.2) is 73.3 Å². The Hall–Kier alpha value is -3.27. The molecule has 1 nitrogen and oxygen atoms in total. The largest absolute Gasteiger partial charge is 0.490 e. The Labute approximate surface area is 236 Å². The van der Waals surface area contributed by atoms with Crippen LogP contribution in [0.1, 0.15) is 70.3 Å². The van der Waals surface area contributed by atoms with E-state index in [2.05, 4.69) is 18.7 Å². The third kappa shape index (κ3) is 6.22. The van der Waals surface area contributed by atoms with Crippen LogP contribution in [0.25, 0.3) is 27.8 Å². The molecule has 0 radical (unpaired) electrons. The van der Waals surface area contributed by atoms with Crippen LogP contribution in [-0.2, 0) is 0 Å². The highest BCUT2D eigenvalue weighted by atomic mass is 19.2. The zero-order valence-corrected chi connectivity index (χ0v) is 23.4. The highest BCUT2D eigenvalue weighted by Crippen LogP contribution is 2.42. The zero-order chi connectivity index (χ0) is 28.1. The summed E-state index contributed by atoms with van der Waals surface area (Å²) in [5.41, 5.74) is 4.05. The molecule has 0 aliphatic heterocycles. The first-order valence-electron chi connectivity index (χ1n) is 14.8. The number of halogens is 3. The summed E-state index contributed by atoms with van der Waals surface area (Å²) in [6.45, 7) is 6.32. The lowest BCUT2D eigenvalue weighted by molar-refractivity contribution is 0.212. The molecule has 0 saturated heterocycles. The van der Waals surface area contributed by atoms with E-state index in [1.807, 2.05) is 19.1 Å². The first kappa shape index (κ1) is 28.3. The number of unbranched alkanes of at least 4 members (excludes halogenated alkanes) is 1. The van der Waals surface area contributed by atoms with Crippen LogP contribution in [0.3, 0.4) is 0 Å². The van der Waals surface area contributed by atoms with Crippen LogP contribution in [0.4, 0.5) is 13.2 Å². The summed E-state index contributed by atoms with van der Waals surface area (Å²) in [7, 11) is 0. The number of allylic oxidation sites excluding steroid dienone is 3. The van der Waals surface area contributed by atoms with Crippen LogP contribution in [0, 0.1) is 35.2 Å². The van der Waals surface area contributed by atoms with E-state index in [9.17, 15) is 8.78 Å². The van der Waals surface area contributed by atoms with Crippen molar-refractivity contribution in [2.45, 2.75) is 64.7 Å². The Kier molecular flexibility index (Phi) is 9.14. The van der Waals surface area contributed by atoms with Gasteiger partial charge < -0.3 is 4.74 Å². The van der Waals surface area contributed by atoms with Crippen molar-refractivity contribution >= 4 is 5.57 Å². The Morgan fingerprint density at radius 3 is 2.10 bits per heavy atom. The minimum Gasteiger partial charge on any atom is -0.490 e. The van der Waals surface area contributed by atoms with Gasteiger partial charge in [-0.15, -0.1) is 6.58 Å². The van der Waals surface area contributed by atoms with E-state index in [0.717, 1.165) is 43.1 Å². The molecule has 2 aliphatic carbocycles. The van der Waals surface area contributed by atoms with Crippen molar-refractivity contribution < 1.29 is 17.9 Å². The average molecular weight is 545 g/mol. The third-order valence-corrected chi connectivity index (χ3v) is 8.92. The fourth-order valence-electron chi connectivity index (χ4n) is 6.37. The molecule has 1 atom stereocenters. The van der Waals surface area contributed by atoms with Crippen LogP contribution in [-0.4, -0.2) is 6.61 Å². The monoisotopic (exact) mass is 544 g/mol. The molecule has 0 bridgehead atoms. The van der Waals surface area contributed by atoms with Gasteiger partial charge in [-0.1, -0.05) is 61.9 Å². The number of hydrogen-bond donors (Lipinski definition) is 0.